The van der Waals surface area contributed by atoms with E-state index in [1.165, 1.54) is 40.6 Å². The molecule has 5 heterocycles. The minimum atomic E-state index is -0.0255. The molecule has 2 N–H and O–H groups in total. The maximum absolute atomic E-state index is 12.2. The van der Waals surface area contributed by atoms with Gasteiger partial charge >= 0.3 is 0 Å². The summed E-state index contributed by atoms with van der Waals surface area (Å²) in [4.78, 5) is 28.2. The number of anilines is 3. The Bertz CT molecular complexity index is 1460. The number of likely N-dealkylation sites (tertiary alicyclic amines) is 2. The predicted molar refractivity (Wildman–Crippen MR) is 156 cm³/mol. The summed E-state index contributed by atoms with van der Waals surface area (Å²) in [6.45, 7) is 8.13. The van der Waals surface area contributed by atoms with Gasteiger partial charge in [0.2, 0.25) is 11.7 Å². The topological polar surface area (TPSA) is 117 Å². The van der Waals surface area contributed by atoms with Crippen molar-refractivity contribution in [2.75, 3.05) is 36.8 Å². The third-order valence-electron chi connectivity index (χ3n) is 7.11. The first-order valence-corrected chi connectivity index (χ1v) is 14.4. The Morgan fingerprint density at radius 3 is 2.75 bits per heavy atom. The monoisotopic (exact) mass is 556 g/mol. The van der Waals surface area contributed by atoms with Crippen molar-refractivity contribution in [1.29, 1.82) is 0 Å². The number of thiazole rings is 1. The molecule has 2 aliphatic heterocycles. The molecule has 40 heavy (non-hydrogen) atoms. The van der Waals surface area contributed by atoms with E-state index in [1.807, 2.05) is 35.2 Å². The highest BCUT2D eigenvalue weighted by Crippen LogP contribution is 2.29. The van der Waals surface area contributed by atoms with E-state index < -0.39 is 0 Å². The van der Waals surface area contributed by atoms with Gasteiger partial charge in [0.05, 0.1) is 16.8 Å². The second-order valence-corrected chi connectivity index (χ2v) is 11.1. The molecular weight excluding hydrogens is 524 g/mol. The van der Waals surface area contributed by atoms with Gasteiger partial charge in [0, 0.05) is 25.7 Å². The molecule has 1 atom stereocenters. The number of tetrazole rings is 1. The maximum Gasteiger partial charge on any atom is 0.246 e. The van der Waals surface area contributed by atoms with Crippen LogP contribution >= 0.6 is 11.3 Å². The molecule has 12 heteroatoms. The minimum absolute atomic E-state index is 0.0255. The number of para-hydroxylation sites is 1. The van der Waals surface area contributed by atoms with Gasteiger partial charge in [-0.3, -0.25) is 9.69 Å². The average molecular weight is 557 g/mol. The predicted octanol–water partition coefficient (Wildman–Crippen LogP) is 4.11. The lowest BCUT2D eigenvalue weighted by Crippen LogP contribution is -2.44. The van der Waals surface area contributed by atoms with Gasteiger partial charge in [-0.25, -0.2) is 9.97 Å². The van der Waals surface area contributed by atoms with Gasteiger partial charge in [0.25, 0.3) is 0 Å². The van der Waals surface area contributed by atoms with Gasteiger partial charge < -0.3 is 15.5 Å². The molecule has 206 valence electrons. The number of carbonyl (C=O) groups is 1. The van der Waals surface area contributed by atoms with Crippen LogP contribution in [0.25, 0.3) is 16.4 Å². The number of amides is 1. The van der Waals surface area contributed by atoms with Crippen molar-refractivity contribution in [2.24, 2.45) is 0 Å². The van der Waals surface area contributed by atoms with Crippen molar-refractivity contribution < 1.29 is 4.79 Å². The van der Waals surface area contributed by atoms with E-state index in [9.17, 15) is 4.79 Å². The fraction of sp³-hybridized carbons (Fsp3) is 0.357. The highest BCUT2D eigenvalue weighted by Gasteiger charge is 2.23. The molecule has 0 radical (unpaired) electrons. The molecule has 2 aliphatic rings. The Labute approximate surface area is 236 Å². The lowest BCUT2D eigenvalue weighted by molar-refractivity contribution is -0.127. The number of piperidine rings is 1. The number of pyridine rings is 1. The van der Waals surface area contributed by atoms with E-state index in [4.69, 9.17) is 4.98 Å². The maximum atomic E-state index is 12.2. The number of hydrogen-bond acceptors (Lipinski definition) is 10. The van der Waals surface area contributed by atoms with E-state index in [-0.39, 0.29) is 11.9 Å². The van der Waals surface area contributed by atoms with Crippen LogP contribution in [-0.2, 0) is 11.3 Å². The summed E-state index contributed by atoms with van der Waals surface area (Å²) in [6, 6.07) is 14.0. The molecule has 0 unspecified atom stereocenters. The highest BCUT2D eigenvalue weighted by atomic mass is 32.1. The van der Waals surface area contributed by atoms with Crippen LogP contribution in [0.1, 0.15) is 31.2 Å². The summed E-state index contributed by atoms with van der Waals surface area (Å²) in [5, 5.41) is 20.6. The normalized spacial score (nSPS) is 17.6. The molecule has 1 amide bonds. The lowest BCUT2D eigenvalue weighted by atomic mass is 10.1. The summed E-state index contributed by atoms with van der Waals surface area (Å²) >= 11 is 1.45. The molecule has 0 bridgehead atoms. The third-order valence-corrected chi connectivity index (χ3v) is 8.02. The summed E-state index contributed by atoms with van der Waals surface area (Å²) < 4.78 is 0. The Kier molecular flexibility index (Phi) is 7.78. The molecule has 2 saturated heterocycles. The molecule has 0 spiro atoms. The first-order chi connectivity index (χ1) is 19.6. The summed E-state index contributed by atoms with van der Waals surface area (Å²) in [6.07, 6.45) is 7.54. The Morgan fingerprint density at radius 2 is 1.93 bits per heavy atom. The van der Waals surface area contributed by atoms with E-state index in [1.54, 1.807) is 6.20 Å². The summed E-state index contributed by atoms with van der Waals surface area (Å²) in [7, 11) is 0. The van der Waals surface area contributed by atoms with Crippen molar-refractivity contribution >= 4 is 34.0 Å². The molecule has 3 aromatic heterocycles. The largest absolute Gasteiger partial charge is 0.365 e. The van der Waals surface area contributed by atoms with Crippen LogP contribution in [0.5, 0.6) is 0 Å². The van der Waals surface area contributed by atoms with Gasteiger partial charge in [-0.15, -0.1) is 15.0 Å². The molecule has 11 nitrogen and oxygen atoms in total. The average Bonchev–Trinajstić information content (AvgIpc) is 3.76. The van der Waals surface area contributed by atoms with Gasteiger partial charge in [-0.1, -0.05) is 36.1 Å². The van der Waals surface area contributed by atoms with Gasteiger partial charge in [-0.2, -0.15) is 0 Å². The Balaban J connectivity index is 1.20. The Morgan fingerprint density at radius 1 is 1.10 bits per heavy atom. The highest BCUT2D eigenvalue weighted by molar-refractivity contribution is 7.18. The lowest BCUT2D eigenvalue weighted by Gasteiger charge is -2.33. The minimum Gasteiger partial charge on any atom is -0.365 e. The molecule has 4 aromatic rings. The molecule has 0 saturated carbocycles. The SMILES string of the molecule is C=CC(=O)N1CCC[C@H](Nc2cc(CN3CCCC3)cc(Nc3ncc(-c4nnn(-c5ccccc5)n4)s3)n2)C1. The van der Waals surface area contributed by atoms with Crippen LogP contribution in [-0.4, -0.2) is 78.1 Å². The Hall–Kier alpha value is -4.16. The zero-order chi connectivity index (χ0) is 27.3. The third kappa shape index (κ3) is 6.18. The fourth-order valence-electron chi connectivity index (χ4n) is 5.18. The number of nitrogens with zero attached hydrogens (tertiary/aromatic N) is 8. The smallest absolute Gasteiger partial charge is 0.246 e. The number of hydrogen-bond donors (Lipinski definition) is 2. The van der Waals surface area contributed by atoms with Crippen molar-refractivity contribution in [1.82, 2.24) is 40.0 Å². The second kappa shape index (κ2) is 11.9. The number of aromatic nitrogens is 6. The zero-order valence-electron chi connectivity index (χ0n) is 22.2. The van der Waals surface area contributed by atoms with Crippen LogP contribution < -0.4 is 10.6 Å². The van der Waals surface area contributed by atoms with E-state index in [0.717, 1.165) is 61.2 Å². The van der Waals surface area contributed by atoms with Crippen LogP contribution in [0.15, 0.2) is 61.3 Å². The van der Waals surface area contributed by atoms with Crippen LogP contribution in [0.4, 0.5) is 16.8 Å². The molecular formula is C28H32N10OS. The van der Waals surface area contributed by atoms with Crippen molar-refractivity contribution in [2.45, 2.75) is 38.3 Å². The number of nitrogens with one attached hydrogen (secondary N) is 2. The van der Waals surface area contributed by atoms with Crippen LogP contribution in [0.2, 0.25) is 0 Å². The second-order valence-electron chi connectivity index (χ2n) is 10.1. The van der Waals surface area contributed by atoms with Crippen molar-refractivity contribution in [3.05, 3.63) is 66.9 Å². The van der Waals surface area contributed by atoms with E-state index >= 15 is 0 Å². The number of benzene rings is 1. The summed E-state index contributed by atoms with van der Waals surface area (Å²) in [5.74, 6) is 2.00. The first kappa shape index (κ1) is 26.1. The quantitative estimate of drug-likeness (QED) is 0.294. The molecule has 0 aliphatic carbocycles. The van der Waals surface area contributed by atoms with Crippen LogP contribution in [0.3, 0.4) is 0 Å². The fourth-order valence-corrected chi connectivity index (χ4v) is 5.92. The standard InChI is InChI=1S/C28H32N10OS/c1-2-26(39)37-14-8-9-21(19-37)30-24-15-20(18-36-12-6-7-13-36)16-25(31-24)32-28-29-17-23(40-28)27-33-35-38(34-27)22-10-4-3-5-11-22/h2-5,10-11,15-17,21H,1,6-9,12-14,18-19H2,(H2,29,30,31,32)/t21-/m0/s1. The molecule has 6 rings (SSSR count). The van der Waals surface area contributed by atoms with Crippen LogP contribution in [0, 0.1) is 0 Å². The number of rotatable bonds is 9. The molecule has 1 aromatic carbocycles. The van der Waals surface area contributed by atoms with Crippen molar-refractivity contribution in [3.8, 4) is 16.4 Å². The van der Waals surface area contributed by atoms with Gasteiger partial charge in [0.1, 0.15) is 11.6 Å². The summed E-state index contributed by atoms with van der Waals surface area (Å²) in [5.41, 5.74) is 2.03. The van der Waals surface area contributed by atoms with E-state index in [2.05, 4.69) is 54.6 Å². The van der Waals surface area contributed by atoms with E-state index in [0.29, 0.717) is 17.5 Å². The zero-order valence-corrected chi connectivity index (χ0v) is 23.1. The first-order valence-electron chi connectivity index (χ1n) is 13.6. The number of carbonyl (C=O) groups excluding carboxylic acids is 1. The van der Waals surface area contributed by atoms with Gasteiger partial charge in [-0.05, 0) is 79.9 Å². The molecule has 2 fully saturated rings. The van der Waals surface area contributed by atoms with Gasteiger partial charge in [0.15, 0.2) is 5.13 Å². The van der Waals surface area contributed by atoms with Crippen molar-refractivity contribution in [3.63, 3.8) is 0 Å².